The van der Waals surface area contributed by atoms with E-state index in [1.807, 2.05) is 30.3 Å². The van der Waals surface area contributed by atoms with Gasteiger partial charge in [-0.05, 0) is 64.7 Å². The molecule has 0 aromatic heterocycles. The molecule has 94 valence electrons. The predicted molar refractivity (Wildman–Crippen MR) is 78.8 cm³/mol. The van der Waals surface area contributed by atoms with Crippen molar-refractivity contribution in [2.75, 3.05) is 5.73 Å². The number of anilines is 1. The Bertz CT molecular complexity index is 566. The topological polar surface area (TPSA) is 35.2 Å². The van der Waals surface area contributed by atoms with Gasteiger partial charge < -0.3 is 10.5 Å². The van der Waals surface area contributed by atoms with Gasteiger partial charge in [-0.1, -0.05) is 18.2 Å². The summed E-state index contributed by atoms with van der Waals surface area (Å²) in [6.07, 6.45) is 0. The van der Waals surface area contributed by atoms with E-state index in [1.165, 1.54) is 11.1 Å². The highest BCUT2D eigenvalue weighted by atomic mass is 79.9. The molecular weight excluding hydrogens is 290 g/mol. The first-order valence-electron chi connectivity index (χ1n) is 5.81. The molecule has 18 heavy (non-hydrogen) atoms. The molecule has 3 heteroatoms. The lowest BCUT2D eigenvalue weighted by Crippen LogP contribution is -1.99. The van der Waals surface area contributed by atoms with Gasteiger partial charge in [-0.25, -0.2) is 0 Å². The molecule has 2 nitrogen and oxygen atoms in total. The Hall–Kier alpha value is -1.48. The molecule has 0 aliphatic rings. The van der Waals surface area contributed by atoms with E-state index in [1.54, 1.807) is 0 Å². The van der Waals surface area contributed by atoms with Crippen LogP contribution in [0.4, 0.5) is 5.69 Å². The van der Waals surface area contributed by atoms with Crippen molar-refractivity contribution in [2.45, 2.75) is 20.5 Å². The molecule has 0 fully saturated rings. The van der Waals surface area contributed by atoms with Crippen LogP contribution in [0.3, 0.4) is 0 Å². The van der Waals surface area contributed by atoms with Crippen LogP contribution in [0.2, 0.25) is 0 Å². The molecule has 0 bridgehead atoms. The Morgan fingerprint density at radius 1 is 1.17 bits per heavy atom. The van der Waals surface area contributed by atoms with E-state index in [0.29, 0.717) is 6.61 Å². The van der Waals surface area contributed by atoms with Crippen LogP contribution in [0.5, 0.6) is 5.75 Å². The zero-order chi connectivity index (χ0) is 13.1. The van der Waals surface area contributed by atoms with Crippen LogP contribution in [0.15, 0.2) is 40.9 Å². The van der Waals surface area contributed by atoms with Crippen molar-refractivity contribution in [3.63, 3.8) is 0 Å². The van der Waals surface area contributed by atoms with E-state index < -0.39 is 0 Å². The van der Waals surface area contributed by atoms with Gasteiger partial charge in [0.1, 0.15) is 12.4 Å². The second kappa shape index (κ2) is 5.44. The number of aryl methyl sites for hydroxylation is 1. The van der Waals surface area contributed by atoms with Crippen LogP contribution in [-0.4, -0.2) is 0 Å². The lowest BCUT2D eigenvalue weighted by molar-refractivity contribution is 0.304. The number of halogens is 1. The molecule has 0 radical (unpaired) electrons. The van der Waals surface area contributed by atoms with Crippen molar-refractivity contribution in [1.29, 1.82) is 0 Å². The van der Waals surface area contributed by atoms with Crippen molar-refractivity contribution in [2.24, 2.45) is 0 Å². The van der Waals surface area contributed by atoms with Gasteiger partial charge in [0, 0.05) is 10.2 Å². The first-order chi connectivity index (χ1) is 8.58. The number of hydrogen-bond acceptors (Lipinski definition) is 2. The molecular formula is C15H16BrNO. The van der Waals surface area contributed by atoms with Crippen molar-refractivity contribution in [3.05, 3.63) is 57.6 Å². The molecule has 0 spiro atoms. The van der Waals surface area contributed by atoms with Crippen LogP contribution in [0.1, 0.15) is 16.7 Å². The van der Waals surface area contributed by atoms with Crippen LogP contribution in [-0.2, 0) is 6.61 Å². The fourth-order valence-electron chi connectivity index (χ4n) is 1.72. The van der Waals surface area contributed by atoms with Gasteiger partial charge in [0.05, 0.1) is 0 Å². The van der Waals surface area contributed by atoms with E-state index in [2.05, 4.69) is 35.8 Å². The van der Waals surface area contributed by atoms with E-state index >= 15 is 0 Å². The number of nitrogens with two attached hydrogens (primary N) is 1. The van der Waals surface area contributed by atoms with E-state index in [-0.39, 0.29) is 0 Å². The van der Waals surface area contributed by atoms with Gasteiger partial charge in [-0.15, -0.1) is 0 Å². The molecule has 0 saturated carbocycles. The normalized spacial score (nSPS) is 10.4. The van der Waals surface area contributed by atoms with Crippen molar-refractivity contribution in [1.82, 2.24) is 0 Å². The Morgan fingerprint density at radius 2 is 1.94 bits per heavy atom. The minimum atomic E-state index is 0.530. The number of benzene rings is 2. The van der Waals surface area contributed by atoms with Crippen molar-refractivity contribution in [3.8, 4) is 5.75 Å². The van der Waals surface area contributed by atoms with E-state index in [9.17, 15) is 0 Å². The molecule has 0 aliphatic heterocycles. The largest absolute Gasteiger partial charge is 0.489 e. The third-order valence-electron chi connectivity index (χ3n) is 3.01. The molecule has 0 saturated heterocycles. The highest BCUT2D eigenvalue weighted by Crippen LogP contribution is 2.24. The molecule has 0 unspecified atom stereocenters. The van der Waals surface area contributed by atoms with Gasteiger partial charge >= 0.3 is 0 Å². The summed E-state index contributed by atoms with van der Waals surface area (Å²) >= 11 is 3.38. The summed E-state index contributed by atoms with van der Waals surface area (Å²) in [7, 11) is 0. The molecule has 0 aliphatic carbocycles. The van der Waals surface area contributed by atoms with E-state index in [0.717, 1.165) is 21.5 Å². The number of hydrogen-bond donors (Lipinski definition) is 1. The van der Waals surface area contributed by atoms with Gasteiger partial charge in [0.2, 0.25) is 0 Å². The Kier molecular flexibility index (Phi) is 3.92. The van der Waals surface area contributed by atoms with Gasteiger partial charge in [-0.3, -0.25) is 0 Å². The monoisotopic (exact) mass is 305 g/mol. The average Bonchev–Trinajstić information content (AvgIpc) is 2.35. The van der Waals surface area contributed by atoms with Gasteiger partial charge in [0.25, 0.3) is 0 Å². The van der Waals surface area contributed by atoms with Crippen molar-refractivity contribution < 1.29 is 4.74 Å². The fraction of sp³-hybridized carbons (Fsp3) is 0.200. The molecule has 2 aromatic carbocycles. The highest BCUT2D eigenvalue weighted by Gasteiger charge is 2.03. The second-order valence-electron chi connectivity index (χ2n) is 4.34. The maximum Gasteiger partial charge on any atom is 0.122 e. The third kappa shape index (κ3) is 2.85. The summed E-state index contributed by atoms with van der Waals surface area (Å²) in [6, 6.07) is 12.0. The molecule has 0 atom stereocenters. The zero-order valence-electron chi connectivity index (χ0n) is 10.5. The highest BCUT2D eigenvalue weighted by molar-refractivity contribution is 9.10. The maximum absolute atomic E-state index is 5.84. The standard InChI is InChI=1S/C15H16BrNO/c1-10-4-3-5-15(11(10)2)18-9-12-6-7-13(16)14(17)8-12/h3-8H,9,17H2,1-2H3. The zero-order valence-corrected chi connectivity index (χ0v) is 12.1. The smallest absolute Gasteiger partial charge is 0.122 e. The summed E-state index contributed by atoms with van der Waals surface area (Å²) in [5.41, 5.74) is 10.1. The molecule has 0 heterocycles. The number of ether oxygens (including phenoxy) is 1. The number of rotatable bonds is 3. The first kappa shape index (κ1) is 13.0. The fourth-order valence-corrected chi connectivity index (χ4v) is 1.97. The van der Waals surface area contributed by atoms with Crippen LogP contribution >= 0.6 is 15.9 Å². The second-order valence-corrected chi connectivity index (χ2v) is 5.20. The number of nitrogen functional groups attached to an aromatic ring is 1. The molecule has 2 aromatic rings. The van der Waals surface area contributed by atoms with Crippen LogP contribution in [0.25, 0.3) is 0 Å². The summed E-state index contributed by atoms with van der Waals surface area (Å²) in [4.78, 5) is 0. The van der Waals surface area contributed by atoms with Gasteiger partial charge in [-0.2, -0.15) is 0 Å². The summed E-state index contributed by atoms with van der Waals surface area (Å²) in [6.45, 7) is 4.68. The molecule has 0 amide bonds. The van der Waals surface area contributed by atoms with Gasteiger partial charge in [0.15, 0.2) is 0 Å². The third-order valence-corrected chi connectivity index (χ3v) is 3.73. The summed E-state index contributed by atoms with van der Waals surface area (Å²) in [5.74, 6) is 0.927. The molecule has 2 N–H and O–H groups in total. The summed E-state index contributed by atoms with van der Waals surface area (Å²) < 4.78 is 6.74. The van der Waals surface area contributed by atoms with Crippen molar-refractivity contribution >= 4 is 21.6 Å². The Labute approximate surface area is 116 Å². The Balaban J connectivity index is 2.11. The quantitative estimate of drug-likeness (QED) is 0.861. The first-order valence-corrected chi connectivity index (χ1v) is 6.60. The lowest BCUT2D eigenvalue weighted by Gasteiger charge is -2.11. The van der Waals surface area contributed by atoms with Crippen LogP contribution < -0.4 is 10.5 Å². The summed E-state index contributed by atoms with van der Waals surface area (Å²) in [5, 5.41) is 0. The lowest BCUT2D eigenvalue weighted by atomic mass is 10.1. The Morgan fingerprint density at radius 3 is 2.67 bits per heavy atom. The van der Waals surface area contributed by atoms with E-state index in [4.69, 9.17) is 10.5 Å². The minimum Gasteiger partial charge on any atom is -0.489 e. The maximum atomic E-state index is 5.84. The molecule has 2 rings (SSSR count). The predicted octanol–water partition coefficient (Wildman–Crippen LogP) is 4.23. The SMILES string of the molecule is Cc1cccc(OCc2ccc(Br)c(N)c2)c1C. The average molecular weight is 306 g/mol. The van der Waals surface area contributed by atoms with Crippen LogP contribution in [0, 0.1) is 13.8 Å². The minimum absolute atomic E-state index is 0.530.